The van der Waals surface area contributed by atoms with E-state index in [9.17, 15) is 19.5 Å². The Morgan fingerprint density at radius 1 is 1.03 bits per heavy atom. The number of carbonyl (C=O) groups is 3. The lowest BCUT2D eigenvalue weighted by atomic mass is 9.98. The number of rotatable bonds is 8. The molecule has 0 aliphatic heterocycles. The molecule has 2 aromatic rings. The number of nitrogens with one attached hydrogen (secondary N) is 2. The van der Waals surface area contributed by atoms with Crippen molar-refractivity contribution < 1.29 is 24.2 Å². The number of allylic oxidation sites excluding steroid dienone is 1. The normalized spacial score (nSPS) is 19.3. The Balaban J connectivity index is 1.35. The summed E-state index contributed by atoms with van der Waals surface area (Å²) in [7, 11) is 0. The minimum atomic E-state index is -1.07. The van der Waals surface area contributed by atoms with Crippen LogP contribution in [0.1, 0.15) is 56.6 Å². The zero-order valence-electron chi connectivity index (χ0n) is 20.1. The Bertz CT molecular complexity index is 1090. The van der Waals surface area contributed by atoms with Crippen LogP contribution in [0.4, 0.5) is 4.79 Å². The second kappa shape index (κ2) is 10.8. The molecule has 0 radical (unpaired) electrons. The van der Waals surface area contributed by atoms with E-state index in [1.54, 1.807) is 6.08 Å². The predicted molar refractivity (Wildman–Crippen MR) is 133 cm³/mol. The molecule has 0 bridgehead atoms. The molecule has 0 aromatic heterocycles. The molecule has 1 fully saturated rings. The van der Waals surface area contributed by atoms with Crippen LogP contribution >= 0.6 is 0 Å². The second-order valence-corrected chi connectivity index (χ2v) is 9.53. The summed E-state index contributed by atoms with van der Waals surface area (Å²) in [6.45, 7) is 3.96. The molecule has 1 saturated carbocycles. The molecule has 4 rings (SSSR count). The molecule has 2 aliphatic carbocycles. The van der Waals surface area contributed by atoms with Gasteiger partial charge in [-0.1, -0.05) is 66.6 Å². The summed E-state index contributed by atoms with van der Waals surface area (Å²) in [6, 6.07) is 14.9. The van der Waals surface area contributed by atoms with Gasteiger partial charge in [0.15, 0.2) is 0 Å². The number of amides is 2. The molecule has 2 amide bonds. The summed E-state index contributed by atoms with van der Waals surface area (Å²) < 4.78 is 5.63. The number of ether oxygens (including phenoxy) is 1. The Morgan fingerprint density at radius 3 is 2.26 bits per heavy atom. The summed E-state index contributed by atoms with van der Waals surface area (Å²) in [5, 5.41) is 15.0. The highest BCUT2D eigenvalue weighted by atomic mass is 16.5. The SMILES string of the molecule is CC(C)=CCC(NC(=O)[C@@H]1CCC[C@@H]1NC(=O)OCC1c2ccccc2-c2ccccc21)C(=O)O. The smallest absolute Gasteiger partial charge is 0.407 e. The fourth-order valence-electron chi connectivity index (χ4n) is 5.09. The largest absolute Gasteiger partial charge is 0.480 e. The van der Waals surface area contributed by atoms with Gasteiger partial charge in [0, 0.05) is 12.0 Å². The van der Waals surface area contributed by atoms with Crippen molar-refractivity contribution in [2.45, 2.75) is 57.5 Å². The number of carboxylic acid groups (broad SMARTS) is 1. The number of carboxylic acids is 1. The van der Waals surface area contributed by atoms with Gasteiger partial charge in [0.05, 0.1) is 5.92 Å². The molecule has 0 spiro atoms. The molecule has 3 N–H and O–H groups in total. The molecule has 2 aromatic carbocycles. The number of hydrogen-bond acceptors (Lipinski definition) is 4. The standard InChI is InChI=1S/C28H32N2O5/c1-17(2)14-15-25(27(32)33)29-26(31)22-12-7-13-24(22)30-28(34)35-16-23-20-10-5-3-8-18(20)19-9-4-6-11-21(19)23/h3-6,8-11,14,22-25H,7,12-13,15-16H2,1-2H3,(H,29,31)(H,30,34)(H,32,33)/t22-,24+,25?/m1/s1. The third kappa shape index (κ3) is 5.56. The molecule has 0 saturated heterocycles. The van der Waals surface area contributed by atoms with E-state index in [1.807, 2.05) is 38.1 Å². The van der Waals surface area contributed by atoms with E-state index in [1.165, 1.54) is 0 Å². The van der Waals surface area contributed by atoms with Crippen LogP contribution in [0.2, 0.25) is 0 Å². The summed E-state index contributed by atoms with van der Waals surface area (Å²) in [5.74, 6) is -1.94. The number of carbonyl (C=O) groups excluding carboxylic acids is 2. The Morgan fingerprint density at radius 2 is 1.66 bits per heavy atom. The maximum absolute atomic E-state index is 12.9. The zero-order chi connectivity index (χ0) is 24.9. The van der Waals surface area contributed by atoms with Crippen molar-refractivity contribution in [3.8, 4) is 11.1 Å². The average Bonchev–Trinajstić information content (AvgIpc) is 3.42. The Labute approximate surface area is 205 Å². The van der Waals surface area contributed by atoms with E-state index >= 15 is 0 Å². The van der Waals surface area contributed by atoms with E-state index in [0.29, 0.717) is 12.8 Å². The number of aliphatic carboxylic acids is 1. The van der Waals surface area contributed by atoms with Crippen molar-refractivity contribution in [1.82, 2.24) is 10.6 Å². The van der Waals surface area contributed by atoms with Crippen LogP contribution in [0.15, 0.2) is 60.2 Å². The van der Waals surface area contributed by atoms with Gasteiger partial charge in [-0.05, 0) is 55.4 Å². The second-order valence-electron chi connectivity index (χ2n) is 9.53. The van der Waals surface area contributed by atoms with E-state index < -0.39 is 24.0 Å². The van der Waals surface area contributed by atoms with Crippen LogP contribution in [-0.2, 0) is 14.3 Å². The van der Waals surface area contributed by atoms with Gasteiger partial charge in [0.1, 0.15) is 12.6 Å². The number of alkyl carbamates (subject to hydrolysis) is 1. The Hall–Kier alpha value is -3.61. The summed E-state index contributed by atoms with van der Waals surface area (Å²) >= 11 is 0. The minimum Gasteiger partial charge on any atom is -0.480 e. The molecule has 184 valence electrons. The summed E-state index contributed by atoms with van der Waals surface area (Å²) in [6.07, 6.45) is 3.47. The van der Waals surface area contributed by atoms with Crippen molar-refractivity contribution >= 4 is 18.0 Å². The highest BCUT2D eigenvalue weighted by Crippen LogP contribution is 2.44. The van der Waals surface area contributed by atoms with Gasteiger partial charge in [0.2, 0.25) is 5.91 Å². The molecule has 35 heavy (non-hydrogen) atoms. The van der Waals surface area contributed by atoms with Crippen molar-refractivity contribution in [3.05, 3.63) is 71.3 Å². The van der Waals surface area contributed by atoms with Crippen LogP contribution in [0.5, 0.6) is 0 Å². The van der Waals surface area contributed by atoms with E-state index in [-0.39, 0.29) is 30.9 Å². The van der Waals surface area contributed by atoms with Crippen LogP contribution < -0.4 is 10.6 Å². The first-order valence-corrected chi connectivity index (χ1v) is 12.1. The lowest BCUT2D eigenvalue weighted by Crippen LogP contribution is -2.48. The zero-order valence-corrected chi connectivity index (χ0v) is 20.1. The van der Waals surface area contributed by atoms with E-state index in [2.05, 4.69) is 34.9 Å². The summed E-state index contributed by atoms with van der Waals surface area (Å²) in [5.41, 5.74) is 5.57. The number of fused-ring (bicyclic) bond motifs is 3. The maximum Gasteiger partial charge on any atom is 0.407 e. The van der Waals surface area contributed by atoms with Crippen molar-refractivity contribution in [1.29, 1.82) is 0 Å². The van der Waals surface area contributed by atoms with E-state index in [4.69, 9.17) is 4.74 Å². The topological polar surface area (TPSA) is 105 Å². The van der Waals surface area contributed by atoms with Gasteiger partial charge in [-0.15, -0.1) is 0 Å². The molecule has 2 aliphatic rings. The van der Waals surface area contributed by atoms with Crippen molar-refractivity contribution in [2.75, 3.05) is 6.61 Å². The number of benzene rings is 2. The Kier molecular flexibility index (Phi) is 7.54. The van der Waals surface area contributed by atoms with Gasteiger partial charge in [-0.2, -0.15) is 0 Å². The van der Waals surface area contributed by atoms with Crippen LogP contribution in [0.3, 0.4) is 0 Å². The lowest BCUT2D eigenvalue weighted by Gasteiger charge is -2.23. The molecule has 1 unspecified atom stereocenters. The van der Waals surface area contributed by atoms with E-state index in [0.717, 1.165) is 34.2 Å². The maximum atomic E-state index is 12.9. The highest BCUT2D eigenvalue weighted by molar-refractivity contribution is 5.86. The average molecular weight is 477 g/mol. The molecule has 7 heteroatoms. The summed E-state index contributed by atoms with van der Waals surface area (Å²) in [4.78, 5) is 37.1. The van der Waals surface area contributed by atoms with Crippen LogP contribution in [-0.4, -0.2) is 41.8 Å². The molecule has 3 atom stereocenters. The number of hydrogen-bond donors (Lipinski definition) is 3. The predicted octanol–water partition coefficient (Wildman–Crippen LogP) is 4.62. The monoisotopic (exact) mass is 476 g/mol. The fraction of sp³-hybridized carbons (Fsp3) is 0.393. The van der Waals surface area contributed by atoms with Crippen LogP contribution in [0.25, 0.3) is 11.1 Å². The van der Waals surface area contributed by atoms with Crippen molar-refractivity contribution in [3.63, 3.8) is 0 Å². The van der Waals surface area contributed by atoms with Gasteiger partial charge in [-0.3, -0.25) is 4.79 Å². The van der Waals surface area contributed by atoms with Crippen LogP contribution in [0, 0.1) is 5.92 Å². The molecular weight excluding hydrogens is 444 g/mol. The third-order valence-electron chi connectivity index (χ3n) is 6.88. The molecular formula is C28H32N2O5. The van der Waals surface area contributed by atoms with Crippen molar-refractivity contribution in [2.24, 2.45) is 5.92 Å². The van der Waals surface area contributed by atoms with Gasteiger partial charge >= 0.3 is 12.1 Å². The van der Waals surface area contributed by atoms with Gasteiger partial charge in [0.25, 0.3) is 0 Å². The fourth-order valence-corrected chi connectivity index (χ4v) is 5.09. The first-order chi connectivity index (χ1) is 16.8. The third-order valence-corrected chi connectivity index (χ3v) is 6.88. The lowest BCUT2D eigenvalue weighted by molar-refractivity contribution is -0.142. The highest BCUT2D eigenvalue weighted by Gasteiger charge is 2.36. The minimum absolute atomic E-state index is 0.0396. The van der Waals surface area contributed by atoms with Gasteiger partial charge < -0.3 is 20.5 Å². The van der Waals surface area contributed by atoms with Gasteiger partial charge in [-0.25, -0.2) is 9.59 Å². The molecule has 0 heterocycles. The first kappa shape index (κ1) is 24.5. The molecule has 7 nitrogen and oxygen atoms in total. The first-order valence-electron chi connectivity index (χ1n) is 12.1. The quantitative estimate of drug-likeness (QED) is 0.482.